The number of nitrogen functional groups attached to an aromatic ring is 1. The number of hydrogen-bond donors (Lipinski definition) is 1. The molecule has 0 unspecified atom stereocenters. The van der Waals surface area contributed by atoms with Gasteiger partial charge < -0.3 is 19.8 Å². The Balaban J connectivity index is 2.03. The van der Waals surface area contributed by atoms with Crippen molar-refractivity contribution in [3.63, 3.8) is 0 Å². The van der Waals surface area contributed by atoms with Crippen LogP contribution in [0.1, 0.15) is 27.2 Å². The number of carbonyl (C=O) groups is 1. The number of carbonyl (C=O) groups excluding carboxylic acids is 1. The first-order valence-corrected chi connectivity index (χ1v) is 8.30. The van der Waals surface area contributed by atoms with Gasteiger partial charge >= 0.3 is 5.97 Å². The zero-order valence-corrected chi connectivity index (χ0v) is 15.3. The molecule has 0 saturated heterocycles. The van der Waals surface area contributed by atoms with E-state index in [4.69, 9.17) is 15.2 Å². The largest absolute Gasteiger partial charge is 0.464 e. The maximum absolute atomic E-state index is 12.1. The third-order valence-electron chi connectivity index (χ3n) is 4.29. The minimum absolute atomic E-state index is 0.0993. The predicted molar refractivity (Wildman–Crippen MR) is 102 cm³/mol. The highest BCUT2D eigenvalue weighted by Gasteiger charge is 2.22. The van der Waals surface area contributed by atoms with Gasteiger partial charge in [0, 0.05) is 11.9 Å². The van der Waals surface area contributed by atoms with Crippen LogP contribution in [0.15, 0.2) is 48.7 Å². The number of hydrogen-bond acceptors (Lipinski definition) is 5. The number of benzene rings is 2. The second-order valence-electron chi connectivity index (χ2n) is 6.10. The van der Waals surface area contributed by atoms with Crippen molar-refractivity contribution in [2.45, 2.75) is 13.8 Å². The topological polar surface area (TPSA) is 90.3 Å². The van der Waals surface area contributed by atoms with Gasteiger partial charge in [0.2, 0.25) is 0 Å². The van der Waals surface area contributed by atoms with Crippen molar-refractivity contribution in [1.29, 1.82) is 5.26 Å². The fraction of sp³-hybridized carbons (Fsp3) is 0.143. The van der Waals surface area contributed by atoms with Gasteiger partial charge in [-0.3, -0.25) is 0 Å². The number of nitrogens with two attached hydrogens (primary N) is 1. The summed E-state index contributed by atoms with van der Waals surface area (Å²) >= 11 is 0. The Morgan fingerprint density at radius 1 is 1.11 bits per heavy atom. The van der Waals surface area contributed by atoms with Crippen LogP contribution < -0.4 is 10.5 Å². The van der Waals surface area contributed by atoms with Crippen molar-refractivity contribution >= 4 is 11.7 Å². The summed E-state index contributed by atoms with van der Waals surface area (Å²) in [6, 6.07) is 15.2. The molecule has 0 amide bonds. The zero-order chi connectivity index (χ0) is 19.6. The summed E-state index contributed by atoms with van der Waals surface area (Å²) in [4.78, 5) is 12.1. The second-order valence-corrected chi connectivity index (χ2v) is 6.10. The van der Waals surface area contributed by atoms with Crippen LogP contribution in [0.4, 0.5) is 5.69 Å². The lowest BCUT2D eigenvalue weighted by Crippen LogP contribution is -2.11. The molecule has 0 aliphatic rings. The zero-order valence-electron chi connectivity index (χ0n) is 15.3. The van der Waals surface area contributed by atoms with Gasteiger partial charge in [0.1, 0.15) is 17.6 Å². The van der Waals surface area contributed by atoms with E-state index in [0.717, 1.165) is 16.9 Å². The first-order chi connectivity index (χ1) is 13.0. The lowest BCUT2D eigenvalue weighted by molar-refractivity contribution is 0.0593. The summed E-state index contributed by atoms with van der Waals surface area (Å²) in [6.45, 7) is 3.89. The monoisotopic (exact) mass is 361 g/mol. The molecular formula is C21H19N3O3. The van der Waals surface area contributed by atoms with Crippen LogP contribution in [0.2, 0.25) is 0 Å². The van der Waals surface area contributed by atoms with Crippen molar-refractivity contribution < 1.29 is 14.3 Å². The van der Waals surface area contributed by atoms with Crippen molar-refractivity contribution in [3.05, 3.63) is 71.0 Å². The fourth-order valence-corrected chi connectivity index (χ4v) is 2.81. The Bertz CT molecular complexity index is 1060. The second kappa shape index (κ2) is 7.26. The van der Waals surface area contributed by atoms with E-state index in [9.17, 15) is 10.1 Å². The Kier molecular flexibility index (Phi) is 4.86. The third-order valence-corrected chi connectivity index (χ3v) is 4.29. The van der Waals surface area contributed by atoms with Crippen molar-refractivity contribution in [2.24, 2.45) is 0 Å². The summed E-state index contributed by atoms with van der Waals surface area (Å²) in [5, 5.41) is 9.23. The molecule has 0 fully saturated rings. The van der Waals surface area contributed by atoms with Crippen LogP contribution in [0.25, 0.3) is 5.69 Å². The van der Waals surface area contributed by atoms with Gasteiger partial charge in [-0.1, -0.05) is 18.2 Å². The molecule has 2 aromatic carbocycles. The van der Waals surface area contributed by atoms with E-state index in [-0.39, 0.29) is 16.9 Å². The maximum atomic E-state index is 12.1. The first-order valence-electron chi connectivity index (χ1n) is 8.30. The molecule has 27 heavy (non-hydrogen) atoms. The lowest BCUT2D eigenvalue weighted by Gasteiger charge is -2.14. The Hall–Kier alpha value is -3.72. The molecule has 0 bridgehead atoms. The van der Waals surface area contributed by atoms with Crippen LogP contribution in [-0.4, -0.2) is 17.6 Å². The lowest BCUT2D eigenvalue weighted by atomic mass is 10.2. The van der Waals surface area contributed by atoms with Gasteiger partial charge in [0.05, 0.1) is 18.4 Å². The summed E-state index contributed by atoms with van der Waals surface area (Å²) in [6.07, 6.45) is 1.53. The number of rotatable bonds is 4. The van der Waals surface area contributed by atoms with Gasteiger partial charge in [0.25, 0.3) is 0 Å². The Labute approximate surface area is 157 Å². The maximum Gasteiger partial charge on any atom is 0.357 e. The number of anilines is 1. The molecule has 6 nitrogen and oxygen atoms in total. The SMILES string of the molecule is COC(=O)c1c(N)c(C#N)cn1-c1ccc(Oc2ccccc2C)c(C)c1. The number of methoxy groups -OCH3 is 1. The Morgan fingerprint density at radius 3 is 2.44 bits per heavy atom. The van der Waals surface area contributed by atoms with E-state index >= 15 is 0 Å². The number of nitrogens with zero attached hydrogens (tertiary/aromatic N) is 2. The number of nitriles is 1. The summed E-state index contributed by atoms with van der Waals surface area (Å²) in [5.74, 6) is 0.876. The van der Waals surface area contributed by atoms with Crippen LogP contribution in [0.5, 0.6) is 11.5 Å². The number of aromatic nitrogens is 1. The molecule has 0 saturated carbocycles. The van der Waals surface area contributed by atoms with E-state index in [0.29, 0.717) is 11.4 Å². The highest BCUT2D eigenvalue weighted by atomic mass is 16.5. The molecule has 6 heteroatoms. The molecule has 3 aromatic rings. The predicted octanol–water partition coefficient (Wildman–Crippen LogP) is 4.13. The van der Waals surface area contributed by atoms with E-state index in [1.165, 1.54) is 13.3 Å². The summed E-state index contributed by atoms with van der Waals surface area (Å²) in [7, 11) is 1.27. The molecule has 0 atom stereocenters. The number of esters is 1. The van der Waals surface area contributed by atoms with Gasteiger partial charge in [-0.05, 0) is 49.2 Å². The van der Waals surface area contributed by atoms with Gasteiger partial charge in [-0.25, -0.2) is 4.79 Å². The molecule has 0 radical (unpaired) electrons. The van der Waals surface area contributed by atoms with E-state index in [2.05, 4.69) is 0 Å². The highest BCUT2D eigenvalue weighted by Crippen LogP contribution is 2.31. The Morgan fingerprint density at radius 2 is 1.81 bits per heavy atom. The van der Waals surface area contributed by atoms with Gasteiger partial charge in [0.15, 0.2) is 5.69 Å². The van der Waals surface area contributed by atoms with Crippen LogP contribution in [-0.2, 0) is 4.74 Å². The third kappa shape index (κ3) is 3.35. The van der Waals surface area contributed by atoms with E-state index in [1.807, 2.05) is 56.3 Å². The van der Waals surface area contributed by atoms with E-state index in [1.54, 1.807) is 10.6 Å². The normalized spacial score (nSPS) is 10.3. The molecule has 2 N–H and O–H groups in total. The number of ether oxygens (including phenoxy) is 2. The molecule has 1 aromatic heterocycles. The quantitative estimate of drug-likeness (QED) is 0.706. The van der Waals surface area contributed by atoms with Crippen LogP contribution >= 0.6 is 0 Å². The highest BCUT2D eigenvalue weighted by molar-refractivity contribution is 5.96. The molecular weight excluding hydrogens is 342 g/mol. The molecule has 0 spiro atoms. The average molecular weight is 361 g/mol. The molecule has 136 valence electrons. The van der Waals surface area contributed by atoms with Gasteiger partial charge in [-0.15, -0.1) is 0 Å². The van der Waals surface area contributed by atoms with Gasteiger partial charge in [-0.2, -0.15) is 5.26 Å². The minimum atomic E-state index is -0.605. The minimum Gasteiger partial charge on any atom is -0.464 e. The standard InChI is InChI=1S/C21H19N3O3/c1-13-6-4-5-7-17(13)27-18-9-8-16(10-14(18)2)24-12-15(11-22)19(23)20(24)21(25)26-3/h4-10,12H,23H2,1-3H3. The van der Waals surface area contributed by atoms with Crippen molar-refractivity contribution in [2.75, 3.05) is 12.8 Å². The molecule has 0 aliphatic carbocycles. The fourth-order valence-electron chi connectivity index (χ4n) is 2.81. The van der Waals surface area contributed by atoms with Crippen LogP contribution in [0.3, 0.4) is 0 Å². The number of para-hydroxylation sites is 1. The van der Waals surface area contributed by atoms with Crippen molar-refractivity contribution in [3.8, 4) is 23.3 Å². The summed E-state index contributed by atoms with van der Waals surface area (Å²) < 4.78 is 12.4. The molecule has 0 aliphatic heterocycles. The molecule has 3 rings (SSSR count). The summed E-state index contributed by atoms with van der Waals surface area (Å²) in [5.41, 5.74) is 8.97. The number of aryl methyl sites for hydroxylation is 2. The van der Waals surface area contributed by atoms with Crippen molar-refractivity contribution in [1.82, 2.24) is 4.57 Å². The van der Waals surface area contributed by atoms with Crippen LogP contribution in [0, 0.1) is 25.2 Å². The average Bonchev–Trinajstić information content (AvgIpc) is 3.00. The first kappa shape index (κ1) is 18.1. The van der Waals surface area contributed by atoms with E-state index < -0.39 is 5.97 Å². The molecule has 1 heterocycles. The smallest absolute Gasteiger partial charge is 0.357 e.